The van der Waals surface area contributed by atoms with Gasteiger partial charge in [0.05, 0.1) is 6.54 Å². The second-order valence-electron chi connectivity index (χ2n) is 5.74. The Labute approximate surface area is 124 Å². The normalized spacial score (nSPS) is 21.4. The number of hydrogen-bond acceptors (Lipinski definition) is 6. The fourth-order valence-corrected chi connectivity index (χ4v) is 3.18. The van der Waals surface area contributed by atoms with Crippen molar-refractivity contribution in [3.05, 3.63) is 11.7 Å². The van der Waals surface area contributed by atoms with Crippen LogP contribution in [0.3, 0.4) is 0 Å². The van der Waals surface area contributed by atoms with Crippen molar-refractivity contribution in [2.45, 2.75) is 44.9 Å². The van der Waals surface area contributed by atoms with E-state index in [4.69, 9.17) is 9.26 Å². The van der Waals surface area contributed by atoms with Gasteiger partial charge in [-0.2, -0.15) is 4.98 Å². The zero-order valence-corrected chi connectivity index (χ0v) is 12.5. The monoisotopic (exact) mass is 294 g/mol. The zero-order chi connectivity index (χ0) is 14.7. The molecule has 0 unspecified atom stereocenters. The number of piperidine rings is 1. The van der Waals surface area contributed by atoms with Crippen LogP contribution >= 0.6 is 0 Å². The van der Waals surface area contributed by atoms with Crippen molar-refractivity contribution in [1.29, 1.82) is 0 Å². The molecule has 2 saturated heterocycles. The number of rotatable bonds is 5. The largest absolute Gasteiger partial charge is 0.375 e. The van der Waals surface area contributed by atoms with Crippen molar-refractivity contribution in [2.75, 3.05) is 26.7 Å². The van der Waals surface area contributed by atoms with Gasteiger partial charge in [0.2, 0.25) is 5.91 Å². The van der Waals surface area contributed by atoms with Crippen LogP contribution in [0.5, 0.6) is 0 Å². The van der Waals surface area contributed by atoms with Crippen LogP contribution in [0.15, 0.2) is 4.52 Å². The summed E-state index contributed by atoms with van der Waals surface area (Å²) in [6.45, 7) is 3.94. The van der Waals surface area contributed by atoms with Gasteiger partial charge in [0.15, 0.2) is 5.82 Å². The maximum atomic E-state index is 11.8. The summed E-state index contributed by atoms with van der Waals surface area (Å²) in [4.78, 5) is 20.5. The highest BCUT2D eigenvalue weighted by atomic mass is 16.5. The molecule has 3 heterocycles. The molecule has 2 aliphatic rings. The standard InChI is InChI=1S/C14H22N4O3/c1-20-10-13-15-12(16-21-13)9-17-7-4-11(5-8-17)18-6-2-3-14(18)19/h11H,2-10H2,1H3. The van der Waals surface area contributed by atoms with E-state index in [1.54, 1.807) is 7.11 Å². The number of aromatic nitrogens is 2. The number of carbonyl (C=O) groups is 1. The minimum Gasteiger partial charge on any atom is -0.375 e. The molecule has 21 heavy (non-hydrogen) atoms. The predicted molar refractivity (Wildman–Crippen MR) is 74.3 cm³/mol. The molecule has 1 amide bonds. The highest BCUT2D eigenvalue weighted by Crippen LogP contribution is 2.22. The minimum absolute atomic E-state index is 0.329. The Bertz CT molecular complexity index is 482. The molecule has 0 aromatic carbocycles. The number of ether oxygens (including phenoxy) is 1. The Balaban J connectivity index is 1.48. The molecule has 7 nitrogen and oxygen atoms in total. The van der Waals surface area contributed by atoms with Crippen molar-refractivity contribution in [1.82, 2.24) is 19.9 Å². The molecule has 0 N–H and O–H groups in total. The van der Waals surface area contributed by atoms with Gasteiger partial charge >= 0.3 is 0 Å². The molecule has 0 aliphatic carbocycles. The molecular formula is C14H22N4O3. The number of hydrogen-bond donors (Lipinski definition) is 0. The summed E-state index contributed by atoms with van der Waals surface area (Å²) in [5.41, 5.74) is 0. The van der Waals surface area contributed by atoms with Crippen LogP contribution in [0.25, 0.3) is 0 Å². The summed E-state index contributed by atoms with van der Waals surface area (Å²) in [5.74, 6) is 1.55. The van der Waals surface area contributed by atoms with Crippen LogP contribution in [0, 0.1) is 0 Å². The molecule has 1 aromatic rings. The van der Waals surface area contributed by atoms with E-state index >= 15 is 0 Å². The van der Waals surface area contributed by atoms with E-state index in [1.807, 2.05) is 0 Å². The Morgan fingerprint density at radius 1 is 1.33 bits per heavy atom. The number of methoxy groups -OCH3 is 1. The van der Waals surface area contributed by atoms with Crippen LogP contribution < -0.4 is 0 Å². The molecule has 0 bridgehead atoms. The number of amides is 1. The number of nitrogens with zero attached hydrogens (tertiary/aromatic N) is 4. The van der Waals surface area contributed by atoms with Gasteiger partial charge in [-0.05, 0) is 19.3 Å². The lowest BCUT2D eigenvalue weighted by Gasteiger charge is -2.36. The fraction of sp³-hybridized carbons (Fsp3) is 0.786. The van der Waals surface area contributed by atoms with Gasteiger partial charge in [0, 0.05) is 39.2 Å². The molecule has 1 aromatic heterocycles. The van der Waals surface area contributed by atoms with Crippen LogP contribution in [0.2, 0.25) is 0 Å². The molecule has 0 saturated carbocycles. The van der Waals surface area contributed by atoms with Gasteiger partial charge in [-0.1, -0.05) is 5.16 Å². The molecule has 116 valence electrons. The fourth-order valence-electron chi connectivity index (χ4n) is 3.18. The van der Waals surface area contributed by atoms with E-state index in [2.05, 4.69) is 19.9 Å². The van der Waals surface area contributed by atoms with Crippen molar-refractivity contribution in [3.8, 4) is 0 Å². The lowest BCUT2D eigenvalue weighted by Crippen LogP contribution is -2.45. The summed E-state index contributed by atoms with van der Waals surface area (Å²) in [5, 5.41) is 3.97. The minimum atomic E-state index is 0.329. The smallest absolute Gasteiger partial charge is 0.252 e. The van der Waals surface area contributed by atoms with E-state index < -0.39 is 0 Å². The van der Waals surface area contributed by atoms with Crippen molar-refractivity contribution < 1.29 is 14.1 Å². The Morgan fingerprint density at radius 3 is 2.81 bits per heavy atom. The Kier molecular flexibility index (Phi) is 4.50. The van der Waals surface area contributed by atoms with Gasteiger partial charge in [0.1, 0.15) is 6.61 Å². The molecule has 0 radical (unpaired) electrons. The highest BCUT2D eigenvalue weighted by molar-refractivity contribution is 5.78. The predicted octanol–water partition coefficient (Wildman–Crippen LogP) is 0.803. The van der Waals surface area contributed by atoms with E-state index in [9.17, 15) is 4.79 Å². The number of likely N-dealkylation sites (tertiary alicyclic amines) is 2. The van der Waals surface area contributed by atoms with Gasteiger partial charge in [-0.15, -0.1) is 0 Å². The maximum absolute atomic E-state index is 11.8. The molecule has 7 heteroatoms. The summed E-state index contributed by atoms with van der Waals surface area (Å²) in [6, 6.07) is 0.422. The van der Waals surface area contributed by atoms with E-state index in [0.29, 0.717) is 36.8 Å². The summed E-state index contributed by atoms with van der Waals surface area (Å²) in [6.07, 6.45) is 3.82. The first-order valence-electron chi connectivity index (χ1n) is 7.58. The zero-order valence-electron chi connectivity index (χ0n) is 12.5. The van der Waals surface area contributed by atoms with Crippen molar-refractivity contribution in [2.24, 2.45) is 0 Å². The van der Waals surface area contributed by atoms with E-state index in [0.717, 1.165) is 45.3 Å². The van der Waals surface area contributed by atoms with Gasteiger partial charge in [0.25, 0.3) is 5.89 Å². The van der Waals surface area contributed by atoms with E-state index in [-0.39, 0.29) is 0 Å². The van der Waals surface area contributed by atoms with Crippen LogP contribution in [0.1, 0.15) is 37.4 Å². The molecule has 2 aliphatic heterocycles. The average Bonchev–Trinajstić information content (AvgIpc) is 3.10. The second-order valence-corrected chi connectivity index (χ2v) is 5.74. The summed E-state index contributed by atoms with van der Waals surface area (Å²) in [7, 11) is 1.61. The quantitative estimate of drug-likeness (QED) is 0.800. The summed E-state index contributed by atoms with van der Waals surface area (Å²) < 4.78 is 10.1. The SMILES string of the molecule is COCc1nc(CN2CCC(N3CCCC3=O)CC2)no1. The molecular weight excluding hydrogens is 272 g/mol. The third-order valence-electron chi connectivity index (χ3n) is 4.25. The van der Waals surface area contributed by atoms with Gasteiger partial charge in [-0.25, -0.2) is 0 Å². The maximum Gasteiger partial charge on any atom is 0.252 e. The third kappa shape index (κ3) is 3.41. The van der Waals surface area contributed by atoms with Crippen LogP contribution in [-0.2, 0) is 22.7 Å². The Hall–Kier alpha value is -1.47. The first-order chi connectivity index (χ1) is 10.3. The topological polar surface area (TPSA) is 71.7 Å². The highest BCUT2D eigenvalue weighted by Gasteiger charge is 2.30. The third-order valence-corrected chi connectivity index (χ3v) is 4.25. The first kappa shape index (κ1) is 14.5. The lowest BCUT2D eigenvalue weighted by atomic mass is 10.0. The lowest BCUT2D eigenvalue weighted by molar-refractivity contribution is -0.130. The average molecular weight is 294 g/mol. The van der Waals surface area contributed by atoms with Gasteiger partial charge < -0.3 is 14.2 Å². The molecule has 0 atom stereocenters. The summed E-state index contributed by atoms with van der Waals surface area (Å²) >= 11 is 0. The molecule has 0 spiro atoms. The van der Waals surface area contributed by atoms with Crippen LogP contribution in [0.4, 0.5) is 0 Å². The molecule has 3 rings (SSSR count). The van der Waals surface area contributed by atoms with Gasteiger partial charge in [-0.3, -0.25) is 9.69 Å². The van der Waals surface area contributed by atoms with E-state index in [1.165, 1.54) is 0 Å². The first-order valence-corrected chi connectivity index (χ1v) is 7.58. The van der Waals surface area contributed by atoms with Crippen molar-refractivity contribution >= 4 is 5.91 Å². The van der Waals surface area contributed by atoms with Crippen LogP contribution in [-0.4, -0.2) is 58.6 Å². The number of carbonyl (C=O) groups excluding carboxylic acids is 1. The second kappa shape index (κ2) is 6.53. The Morgan fingerprint density at radius 2 is 2.14 bits per heavy atom. The van der Waals surface area contributed by atoms with Crippen molar-refractivity contribution in [3.63, 3.8) is 0 Å². The molecule has 2 fully saturated rings.